The second-order valence-electron chi connectivity index (χ2n) is 5.60. The lowest BCUT2D eigenvalue weighted by atomic mass is 10.00. The van der Waals surface area contributed by atoms with Crippen molar-refractivity contribution >= 4 is 17.7 Å². The smallest absolute Gasteiger partial charge is 0.255 e. The maximum Gasteiger partial charge on any atom is 0.255 e. The molecule has 1 aromatic carbocycles. The lowest BCUT2D eigenvalue weighted by Gasteiger charge is -2.29. The van der Waals surface area contributed by atoms with Crippen LogP contribution in [0.15, 0.2) is 12.1 Å². The van der Waals surface area contributed by atoms with Crippen LogP contribution in [0, 0.1) is 11.8 Å². The van der Waals surface area contributed by atoms with Crippen molar-refractivity contribution in [1.29, 1.82) is 0 Å². The van der Waals surface area contributed by atoms with Crippen LogP contribution in [-0.4, -0.2) is 33.8 Å². The van der Waals surface area contributed by atoms with Gasteiger partial charge in [0, 0.05) is 24.1 Å². The monoisotopic (exact) mass is 312 g/mol. The number of benzene rings is 1. The molecule has 2 heterocycles. The van der Waals surface area contributed by atoms with Gasteiger partial charge in [0.05, 0.1) is 6.61 Å². The fraction of sp³-hybridized carbons (Fsp3) is 0.353. The summed E-state index contributed by atoms with van der Waals surface area (Å²) in [6, 6.07) is 2.76. The molecule has 1 aromatic rings. The topological polar surface area (TPSA) is 86.7 Å². The minimum absolute atomic E-state index is 0.183. The number of aliphatic hydroxyl groups is 1. The largest absolute Gasteiger partial charge is 0.392 e. The zero-order valence-electron chi connectivity index (χ0n) is 12.7. The van der Waals surface area contributed by atoms with E-state index >= 15 is 0 Å². The zero-order valence-corrected chi connectivity index (χ0v) is 12.7. The molecule has 1 atom stereocenters. The van der Waals surface area contributed by atoms with E-state index in [4.69, 9.17) is 0 Å². The second-order valence-corrected chi connectivity index (χ2v) is 5.60. The van der Waals surface area contributed by atoms with Gasteiger partial charge in [-0.25, -0.2) is 0 Å². The fourth-order valence-electron chi connectivity index (χ4n) is 3.06. The molecule has 23 heavy (non-hydrogen) atoms. The highest BCUT2D eigenvalue weighted by atomic mass is 16.3. The molecule has 0 spiro atoms. The van der Waals surface area contributed by atoms with E-state index in [0.29, 0.717) is 23.1 Å². The molecule has 0 bridgehead atoms. The number of nitrogens with one attached hydrogen (secondary N) is 1. The van der Waals surface area contributed by atoms with Gasteiger partial charge in [-0.05, 0) is 36.6 Å². The lowest BCUT2D eigenvalue weighted by Crippen LogP contribution is -2.52. The lowest BCUT2D eigenvalue weighted by molar-refractivity contribution is -0.136. The van der Waals surface area contributed by atoms with Gasteiger partial charge >= 0.3 is 0 Å². The van der Waals surface area contributed by atoms with E-state index in [1.807, 2.05) is 0 Å². The van der Waals surface area contributed by atoms with Gasteiger partial charge in [0.15, 0.2) is 0 Å². The summed E-state index contributed by atoms with van der Waals surface area (Å²) in [5.74, 6) is 4.75. The van der Waals surface area contributed by atoms with E-state index in [2.05, 4.69) is 17.2 Å². The summed E-state index contributed by atoms with van der Waals surface area (Å²) in [4.78, 5) is 37.5. The molecule has 2 aliphatic rings. The number of nitrogens with zero attached hydrogens (tertiary/aromatic N) is 1. The average Bonchev–Trinajstić information content (AvgIpc) is 2.85. The SMILES string of the molecule is CC#Cc1cc(CO)cc2c1CN(C1CCC(=O)NC1=O)C2=O. The first-order valence-electron chi connectivity index (χ1n) is 7.39. The van der Waals surface area contributed by atoms with Crippen molar-refractivity contribution in [3.8, 4) is 11.8 Å². The van der Waals surface area contributed by atoms with Crippen molar-refractivity contribution in [1.82, 2.24) is 10.2 Å². The molecule has 0 radical (unpaired) electrons. The molecule has 2 N–H and O–H groups in total. The molecular formula is C17H16N2O4. The van der Waals surface area contributed by atoms with Gasteiger partial charge in [-0.1, -0.05) is 5.92 Å². The predicted octanol–water partition coefficient (Wildman–Crippen LogP) is 0.311. The van der Waals surface area contributed by atoms with Crippen molar-refractivity contribution in [2.45, 2.75) is 39.0 Å². The minimum Gasteiger partial charge on any atom is -0.392 e. The molecule has 0 aromatic heterocycles. The number of carbonyl (C=O) groups excluding carboxylic acids is 3. The Morgan fingerprint density at radius 3 is 2.78 bits per heavy atom. The maximum atomic E-state index is 12.7. The molecule has 6 heteroatoms. The van der Waals surface area contributed by atoms with Gasteiger partial charge in [0.2, 0.25) is 11.8 Å². The van der Waals surface area contributed by atoms with Crippen LogP contribution in [0.1, 0.15) is 46.8 Å². The summed E-state index contributed by atoms with van der Waals surface area (Å²) in [5, 5.41) is 11.6. The van der Waals surface area contributed by atoms with Crippen molar-refractivity contribution in [2.24, 2.45) is 0 Å². The number of aliphatic hydroxyl groups excluding tert-OH is 1. The van der Waals surface area contributed by atoms with Gasteiger partial charge in [0.25, 0.3) is 5.91 Å². The number of carbonyl (C=O) groups is 3. The van der Waals surface area contributed by atoms with E-state index in [0.717, 1.165) is 5.56 Å². The summed E-state index contributed by atoms with van der Waals surface area (Å²) in [6.07, 6.45) is 0.548. The minimum atomic E-state index is -0.646. The molecule has 1 fully saturated rings. The highest BCUT2D eigenvalue weighted by molar-refractivity contribution is 6.05. The predicted molar refractivity (Wildman–Crippen MR) is 81.0 cm³/mol. The van der Waals surface area contributed by atoms with E-state index in [1.54, 1.807) is 19.1 Å². The van der Waals surface area contributed by atoms with Gasteiger partial charge in [-0.2, -0.15) is 0 Å². The van der Waals surface area contributed by atoms with E-state index < -0.39 is 11.9 Å². The number of imide groups is 1. The third-order valence-corrected chi connectivity index (χ3v) is 4.16. The first-order valence-corrected chi connectivity index (χ1v) is 7.39. The Balaban J connectivity index is 1.98. The third kappa shape index (κ3) is 2.60. The average molecular weight is 312 g/mol. The number of hydrogen-bond acceptors (Lipinski definition) is 4. The molecule has 6 nitrogen and oxygen atoms in total. The molecule has 118 valence electrons. The highest BCUT2D eigenvalue weighted by Gasteiger charge is 2.39. The number of fused-ring (bicyclic) bond motifs is 1. The molecule has 3 rings (SSSR count). The summed E-state index contributed by atoms with van der Waals surface area (Å²) < 4.78 is 0. The maximum absolute atomic E-state index is 12.7. The highest BCUT2D eigenvalue weighted by Crippen LogP contribution is 2.30. The third-order valence-electron chi connectivity index (χ3n) is 4.16. The number of amides is 3. The summed E-state index contributed by atoms with van der Waals surface area (Å²) in [5.41, 5.74) is 2.54. The Morgan fingerprint density at radius 2 is 2.13 bits per heavy atom. The normalized spacial score (nSPS) is 20.0. The Bertz CT molecular complexity index is 773. The molecule has 0 aliphatic carbocycles. The molecule has 0 saturated carbocycles. The van der Waals surface area contributed by atoms with Crippen molar-refractivity contribution in [2.75, 3.05) is 0 Å². The van der Waals surface area contributed by atoms with Crippen LogP contribution in [0.3, 0.4) is 0 Å². The molecule has 3 amide bonds. The van der Waals surface area contributed by atoms with Crippen LogP contribution in [0.4, 0.5) is 0 Å². The first-order chi connectivity index (χ1) is 11.0. The standard InChI is InChI=1S/C17H16N2O4/c1-2-3-11-6-10(9-20)7-12-13(11)8-19(17(12)23)14-4-5-15(21)18-16(14)22/h6-7,14,20H,4-5,8-9H2,1H3,(H,18,21,22). The van der Waals surface area contributed by atoms with Gasteiger partial charge in [0.1, 0.15) is 6.04 Å². The Kier molecular flexibility index (Phi) is 3.89. The van der Waals surface area contributed by atoms with Crippen LogP contribution < -0.4 is 5.32 Å². The second kappa shape index (κ2) is 5.86. The Morgan fingerprint density at radius 1 is 1.35 bits per heavy atom. The van der Waals surface area contributed by atoms with Gasteiger partial charge in [-0.3, -0.25) is 19.7 Å². The molecule has 1 saturated heterocycles. The molecule has 1 unspecified atom stereocenters. The van der Waals surface area contributed by atoms with E-state index in [-0.39, 0.29) is 31.4 Å². The molecule has 2 aliphatic heterocycles. The number of hydrogen-bond donors (Lipinski definition) is 2. The zero-order chi connectivity index (χ0) is 16.6. The Hall–Kier alpha value is -2.65. The van der Waals surface area contributed by atoms with Crippen molar-refractivity contribution in [3.63, 3.8) is 0 Å². The number of rotatable bonds is 2. The summed E-state index contributed by atoms with van der Waals surface area (Å²) in [7, 11) is 0. The van der Waals surface area contributed by atoms with Crippen LogP contribution in [-0.2, 0) is 22.7 Å². The van der Waals surface area contributed by atoms with Gasteiger partial charge in [-0.15, -0.1) is 5.92 Å². The Labute approximate surface area is 133 Å². The summed E-state index contributed by atoms with van der Waals surface area (Å²) in [6.45, 7) is 1.81. The van der Waals surface area contributed by atoms with Gasteiger partial charge < -0.3 is 10.0 Å². The van der Waals surface area contributed by atoms with E-state index in [9.17, 15) is 19.5 Å². The van der Waals surface area contributed by atoms with Crippen LogP contribution in [0.5, 0.6) is 0 Å². The first kappa shape index (κ1) is 15.3. The van der Waals surface area contributed by atoms with Crippen molar-refractivity contribution in [3.05, 3.63) is 34.4 Å². The summed E-state index contributed by atoms with van der Waals surface area (Å²) >= 11 is 0. The quantitative estimate of drug-likeness (QED) is 0.608. The van der Waals surface area contributed by atoms with Crippen LogP contribution in [0.25, 0.3) is 0 Å². The van der Waals surface area contributed by atoms with Crippen LogP contribution in [0.2, 0.25) is 0 Å². The number of piperidine rings is 1. The van der Waals surface area contributed by atoms with Crippen LogP contribution >= 0.6 is 0 Å². The fourth-order valence-corrected chi connectivity index (χ4v) is 3.06. The van der Waals surface area contributed by atoms with Crippen molar-refractivity contribution < 1.29 is 19.5 Å². The molecular weight excluding hydrogens is 296 g/mol. The van der Waals surface area contributed by atoms with E-state index in [1.165, 1.54) is 4.90 Å².